The van der Waals surface area contributed by atoms with E-state index < -0.39 is 0 Å². The number of amides is 1. The summed E-state index contributed by atoms with van der Waals surface area (Å²) in [7, 11) is 2.01. The molecule has 1 amide bonds. The van der Waals surface area contributed by atoms with E-state index in [2.05, 4.69) is 52.1 Å². The summed E-state index contributed by atoms with van der Waals surface area (Å²) >= 11 is 0. The molecule has 1 aliphatic carbocycles. The number of benzene rings is 2. The third kappa shape index (κ3) is 2.93. The standard InChI is InChI=1S/C21H23N3O/c1-14-6-5-9-18-20(14)24(2)19(23-18)13-22-21(25)17-11-10-15-7-3-4-8-16(15)12-17/h3-9,17H,10-13H2,1-2H3,(H,22,25). The molecule has 0 bridgehead atoms. The zero-order valence-electron chi connectivity index (χ0n) is 14.7. The number of carbonyl (C=O) groups is 1. The summed E-state index contributed by atoms with van der Waals surface area (Å²) in [6.07, 6.45) is 2.74. The Hall–Kier alpha value is -2.62. The Balaban J connectivity index is 1.46. The molecule has 1 atom stereocenters. The van der Waals surface area contributed by atoms with Crippen LogP contribution in [0.2, 0.25) is 0 Å². The number of nitrogens with one attached hydrogen (secondary N) is 1. The molecule has 3 aromatic rings. The van der Waals surface area contributed by atoms with Crippen molar-refractivity contribution >= 4 is 16.9 Å². The highest BCUT2D eigenvalue weighted by atomic mass is 16.1. The first kappa shape index (κ1) is 15.9. The molecule has 0 fully saturated rings. The lowest BCUT2D eigenvalue weighted by Gasteiger charge is -2.23. The van der Waals surface area contributed by atoms with Crippen molar-refractivity contribution < 1.29 is 4.79 Å². The molecule has 128 valence electrons. The van der Waals surface area contributed by atoms with Crippen molar-refractivity contribution in [3.63, 3.8) is 0 Å². The predicted molar refractivity (Wildman–Crippen MR) is 99.3 cm³/mol. The summed E-state index contributed by atoms with van der Waals surface area (Å²) in [4.78, 5) is 17.3. The molecule has 0 saturated heterocycles. The third-order valence-corrected chi connectivity index (χ3v) is 5.33. The molecule has 4 rings (SSSR count). The van der Waals surface area contributed by atoms with Crippen LogP contribution in [0.25, 0.3) is 11.0 Å². The smallest absolute Gasteiger partial charge is 0.223 e. The molecule has 4 nitrogen and oxygen atoms in total. The summed E-state index contributed by atoms with van der Waals surface area (Å²) in [6, 6.07) is 14.6. The van der Waals surface area contributed by atoms with Crippen molar-refractivity contribution in [2.75, 3.05) is 0 Å². The second-order valence-electron chi connectivity index (χ2n) is 6.96. The Morgan fingerprint density at radius 3 is 2.80 bits per heavy atom. The van der Waals surface area contributed by atoms with Crippen LogP contribution in [0, 0.1) is 12.8 Å². The number of nitrogens with zero attached hydrogens (tertiary/aromatic N) is 2. The Kier molecular flexibility index (Phi) is 4.04. The van der Waals surface area contributed by atoms with Gasteiger partial charge in [-0.2, -0.15) is 0 Å². The lowest BCUT2D eigenvalue weighted by Crippen LogP contribution is -2.34. The van der Waals surface area contributed by atoms with E-state index in [4.69, 9.17) is 0 Å². The maximum Gasteiger partial charge on any atom is 0.223 e. The minimum atomic E-state index is 0.0614. The fraction of sp³-hybridized carbons (Fsp3) is 0.333. The molecule has 1 aliphatic rings. The van der Waals surface area contributed by atoms with Crippen molar-refractivity contribution in [3.05, 3.63) is 65.0 Å². The van der Waals surface area contributed by atoms with Crippen molar-refractivity contribution in [1.29, 1.82) is 0 Å². The van der Waals surface area contributed by atoms with Gasteiger partial charge in [0.2, 0.25) is 5.91 Å². The van der Waals surface area contributed by atoms with Gasteiger partial charge in [-0.05, 0) is 48.9 Å². The summed E-state index contributed by atoms with van der Waals surface area (Å²) in [5, 5.41) is 3.10. The van der Waals surface area contributed by atoms with Crippen LogP contribution in [0.5, 0.6) is 0 Å². The third-order valence-electron chi connectivity index (χ3n) is 5.33. The van der Waals surface area contributed by atoms with Crippen molar-refractivity contribution in [2.45, 2.75) is 32.7 Å². The summed E-state index contributed by atoms with van der Waals surface area (Å²) in [6.45, 7) is 2.56. The summed E-state index contributed by atoms with van der Waals surface area (Å²) in [5.74, 6) is 1.10. The van der Waals surface area contributed by atoms with Gasteiger partial charge in [0.25, 0.3) is 0 Å². The topological polar surface area (TPSA) is 46.9 Å². The monoisotopic (exact) mass is 333 g/mol. The SMILES string of the molecule is Cc1cccc2nc(CNC(=O)C3CCc4ccccc4C3)n(C)c12. The fourth-order valence-electron chi connectivity index (χ4n) is 3.90. The van der Waals surface area contributed by atoms with Gasteiger partial charge in [-0.3, -0.25) is 4.79 Å². The highest BCUT2D eigenvalue weighted by Crippen LogP contribution is 2.25. The van der Waals surface area contributed by atoms with Gasteiger partial charge in [0, 0.05) is 13.0 Å². The highest BCUT2D eigenvalue weighted by molar-refractivity contribution is 5.81. The second-order valence-corrected chi connectivity index (χ2v) is 6.96. The van der Waals surface area contributed by atoms with Crippen molar-refractivity contribution in [1.82, 2.24) is 14.9 Å². The summed E-state index contributed by atoms with van der Waals surface area (Å²) < 4.78 is 2.08. The predicted octanol–water partition coefficient (Wildman–Crippen LogP) is 3.30. The van der Waals surface area contributed by atoms with Crippen LogP contribution in [-0.4, -0.2) is 15.5 Å². The van der Waals surface area contributed by atoms with Crippen molar-refractivity contribution in [3.8, 4) is 0 Å². The minimum Gasteiger partial charge on any atom is -0.349 e. The summed E-state index contributed by atoms with van der Waals surface area (Å²) in [5.41, 5.74) is 6.02. The van der Waals surface area contributed by atoms with Crippen LogP contribution in [0.3, 0.4) is 0 Å². The Morgan fingerprint density at radius 1 is 1.20 bits per heavy atom. The van der Waals surface area contributed by atoms with Crippen molar-refractivity contribution in [2.24, 2.45) is 13.0 Å². The quantitative estimate of drug-likeness (QED) is 0.799. The average Bonchev–Trinajstić information content (AvgIpc) is 2.96. The number of para-hydroxylation sites is 1. The van der Waals surface area contributed by atoms with E-state index in [1.54, 1.807) is 0 Å². The molecular formula is C21H23N3O. The number of imidazole rings is 1. The Labute approximate surface area is 147 Å². The molecule has 0 aliphatic heterocycles. The van der Waals surface area contributed by atoms with Gasteiger partial charge in [0.1, 0.15) is 5.82 Å². The van der Waals surface area contributed by atoms with Gasteiger partial charge in [0.05, 0.1) is 17.6 Å². The van der Waals surface area contributed by atoms with Gasteiger partial charge in [-0.1, -0.05) is 36.4 Å². The maximum atomic E-state index is 12.6. The van der Waals surface area contributed by atoms with Gasteiger partial charge in [-0.15, -0.1) is 0 Å². The van der Waals surface area contributed by atoms with Crippen LogP contribution in [0.4, 0.5) is 0 Å². The Morgan fingerprint density at radius 2 is 2.00 bits per heavy atom. The van der Waals surface area contributed by atoms with E-state index in [-0.39, 0.29) is 11.8 Å². The first-order valence-electron chi connectivity index (χ1n) is 8.89. The van der Waals surface area contributed by atoms with Crippen LogP contribution < -0.4 is 5.32 Å². The number of aromatic nitrogens is 2. The molecule has 1 aromatic heterocycles. The zero-order valence-corrected chi connectivity index (χ0v) is 14.7. The molecule has 1 unspecified atom stereocenters. The van der Waals surface area contributed by atoms with Crippen LogP contribution in [0.1, 0.15) is 28.9 Å². The number of aryl methyl sites for hydroxylation is 3. The molecule has 0 saturated carbocycles. The largest absolute Gasteiger partial charge is 0.349 e. The maximum absolute atomic E-state index is 12.6. The molecule has 1 N–H and O–H groups in total. The fourth-order valence-corrected chi connectivity index (χ4v) is 3.90. The lowest BCUT2D eigenvalue weighted by molar-refractivity contribution is -0.125. The van der Waals surface area contributed by atoms with Gasteiger partial charge < -0.3 is 9.88 Å². The first-order valence-corrected chi connectivity index (χ1v) is 8.89. The lowest BCUT2D eigenvalue weighted by atomic mass is 9.83. The normalized spacial score (nSPS) is 16.6. The highest BCUT2D eigenvalue weighted by Gasteiger charge is 2.24. The van der Waals surface area contributed by atoms with E-state index in [1.165, 1.54) is 16.7 Å². The van der Waals surface area contributed by atoms with Crippen LogP contribution >= 0.6 is 0 Å². The van der Waals surface area contributed by atoms with Gasteiger partial charge >= 0.3 is 0 Å². The second kappa shape index (κ2) is 6.36. The number of rotatable bonds is 3. The van der Waals surface area contributed by atoms with E-state index >= 15 is 0 Å². The molecular weight excluding hydrogens is 310 g/mol. The molecule has 4 heteroatoms. The van der Waals surface area contributed by atoms with Crippen LogP contribution in [0.15, 0.2) is 42.5 Å². The molecule has 0 spiro atoms. The van der Waals surface area contributed by atoms with E-state index in [0.717, 1.165) is 36.1 Å². The molecule has 25 heavy (non-hydrogen) atoms. The molecule has 1 heterocycles. The number of hydrogen-bond acceptors (Lipinski definition) is 2. The molecule has 2 aromatic carbocycles. The zero-order chi connectivity index (χ0) is 17.4. The minimum absolute atomic E-state index is 0.0614. The first-order chi connectivity index (χ1) is 12.1. The van der Waals surface area contributed by atoms with Crippen LogP contribution in [-0.2, 0) is 31.2 Å². The average molecular weight is 333 g/mol. The van der Waals surface area contributed by atoms with Gasteiger partial charge in [-0.25, -0.2) is 4.98 Å². The van der Waals surface area contributed by atoms with E-state index in [9.17, 15) is 4.79 Å². The van der Waals surface area contributed by atoms with Gasteiger partial charge in [0.15, 0.2) is 0 Å². The Bertz CT molecular complexity index is 941. The molecule has 0 radical (unpaired) electrons. The number of fused-ring (bicyclic) bond motifs is 2. The number of carbonyl (C=O) groups excluding carboxylic acids is 1. The number of hydrogen-bond donors (Lipinski definition) is 1. The van der Waals surface area contributed by atoms with E-state index in [1.807, 2.05) is 19.2 Å². The van der Waals surface area contributed by atoms with E-state index in [0.29, 0.717) is 6.54 Å².